The second-order valence-electron chi connectivity index (χ2n) is 6.15. The Morgan fingerprint density at radius 1 is 1.26 bits per heavy atom. The molecule has 0 aromatic heterocycles. The molecule has 2 heteroatoms. The van der Waals surface area contributed by atoms with Gasteiger partial charge in [-0.05, 0) is 62.5 Å². The molecule has 3 rings (SSSR count). The summed E-state index contributed by atoms with van der Waals surface area (Å²) in [7, 11) is 0. The van der Waals surface area contributed by atoms with Gasteiger partial charge in [0.1, 0.15) is 0 Å². The highest BCUT2D eigenvalue weighted by Gasteiger charge is 2.31. The first-order chi connectivity index (χ1) is 9.24. The summed E-state index contributed by atoms with van der Waals surface area (Å²) < 4.78 is 5.80. The van der Waals surface area contributed by atoms with Gasteiger partial charge in [0.25, 0.3) is 0 Å². The Bertz CT molecular complexity index is 429. The standard InChI is InChI=1S/C17H24O2/c1-12-9-10-17(19-12)16(18)11-14-7-4-6-13-5-2-3-8-15(13)14/h2-3,5,8,12,14,16-18H,4,6-7,9-11H2,1H3. The van der Waals surface area contributed by atoms with Crippen molar-refractivity contribution in [3.63, 3.8) is 0 Å². The SMILES string of the molecule is CC1CCC(C(O)CC2CCCc3ccccc32)O1. The molecule has 0 bridgehead atoms. The van der Waals surface area contributed by atoms with Crippen LogP contribution in [0, 0.1) is 0 Å². The summed E-state index contributed by atoms with van der Waals surface area (Å²) >= 11 is 0. The van der Waals surface area contributed by atoms with E-state index in [1.807, 2.05) is 0 Å². The van der Waals surface area contributed by atoms with Crippen LogP contribution in [0.25, 0.3) is 0 Å². The fourth-order valence-corrected chi connectivity index (χ4v) is 3.66. The zero-order valence-corrected chi connectivity index (χ0v) is 11.7. The number of hydrogen-bond acceptors (Lipinski definition) is 2. The van der Waals surface area contributed by atoms with Crippen molar-refractivity contribution in [1.29, 1.82) is 0 Å². The summed E-state index contributed by atoms with van der Waals surface area (Å²) in [5.41, 5.74) is 2.94. The predicted molar refractivity (Wildman–Crippen MR) is 76.3 cm³/mol. The molecular formula is C17H24O2. The van der Waals surface area contributed by atoms with Crippen LogP contribution in [0.2, 0.25) is 0 Å². The number of aliphatic hydroxyl groups is 1. The molecule has 0 saturated carbocycles. The van der Waals surface area contributed by atoms with E-state index in [9.17, 15) is 5.11 Å². The normalized spacial score (nSPS) is 32.0. The van der Waals surface area contributed by atoms with Crippen LogP contribution in [0.15, 0.2) is 24.3 Å². The minimum atomic E-state index is -0.305. The maximum absolute atomic E-state index is 10.4. The summed E-state index contributed by atoms with van der Waals surface area (Å²) in [6.45, 7) is 2.10. The molecule has 0 spiro atoms. The van der Waals surface area contributed by atoms with Crippen molar-refractivity contribution in [2.45, 2.75) is 69.7 Å². The number of fused-ring (bicyclic) bond motifs is 1. The summed E-state index contributed by atoms with van der Waals surface area (Å²) in [4.78, 5) is 0. The van der Waals surface area contributed by atoms with Gasteiger partial charge in [-0.25, -0.2) is 0 Å². The van der Waals surface area contributed by atoms with Crippen LogP contribution >= 0.6 is 0 Å². The first-order valence-electron chi connectivity index (χ1n) is 7.65. The molecule has 4 atom stereocenters. The van der Waals surface area contributed by atoms with E-state index in [0.29, 0.717) is 12.0 Å². The van der Waals surface area contributed by atoms with Gasteiger partial charge in [-0.3, -0.25) is 0 Å². The number of benzene rings is 1. The Morgan fingerprint density at radius 3 is 2.89 bits per heavy atom. The first-order valence-corrected chi connectivity index (χ1v) is 7.65. The van der Waals surface area contributed by atoms with Gasteiger partial charge in [0, 0.05) is 0 Å². The second kappa shape index (κ2) is 5.64. The minimum Gasteiger partial charge on any atom is -0.390 e. The third kappa shape index (κ3) is 2.85. The molecule has 104 valence electrons. The van der Waals surface area contributed by atoms with E-state index < -0.39 is 0 Å². The van der Waals surface area contributed by atoms with E-state index in [-0.39, 0.29) is 12.2 Å². The van der Waals surface area contributed by atoms with Crippen molar-refractivity contribution >= 4 is 0 Å². The van der Waals surface area contributed by atoms with E-state index in [4.69, 9.17) is 4.74 Å². The van der Waals surface area contributed by atoms with Gasteiger partial charge < -0.3 is 9.84 Å². The molecule has 1 N–H and O–H groups in total. The maximum Gasteiger partial charge on any atom is 0.0838 e. The van der Waals surface area contributed by atoms with E-state index in [0.717, 1.165) is 19.3 Å². The Hall–Kier alpha value is -0.860. The second-order valence-corrected chi connectivity index (χ2v) is 6.15. The minimum absolute atomic E-state index is 0.0593. The quantitative estimate of drug-likeness (QED) is 0.902. The van der Waals surface area contributed by atoms with Gasteiger partial charge in [0.2, 0.25) is 0 Å². The average molecular weight is 260 g/mol. The predicted octanol–water partition coefficient (Wildman–Crippen LogP) is 3.43. The van der Waals surface area contributed by atoms with Crippen molar-refractivity contribution < 1.29 is 9.84 Å². The van der Waals surface area contributed by atoms with Gasteiger partial charge in [-0.15, -0.1) is 0 Å². The molecule has 1 aliphatic carbocycles. The topological polar surface area (TPSA) is 29.5 Å². The van der Waals surface area contributed by atoms with Gasteiger partial charge in [0.05, 0.1) is 18.3 Å². The highest BCUT2D eigenvalue weighted by molar-refractivity contribution is 5.32. The third-order valence-corrected chi connectivity index (χ3v) is 4.71. The fraction of sp³-hybridized carbons (Fsp3) is 0.647. The summed E-state index contributed by atoms with van der Waals surface area (Å²) in [5.74, 6) is 0.513. The molecule has 1 saturated heterocycles. The van der Waals surface area contributed by atoms with Crippen LogP contribution in [0.1, 0.15) is 56.1 Å². The highest BCUT2D eigenvalue weighted by atomic mass is 16.5. The first kappa shape index (κ1) is 13.1. The molecule has 1 heterocycles. The lowest BCUT2D eigenvalue weighted by atomic mass is 9.79. The largest absolute Gasteiger partial charge is 0.390 e. The van der Waals surface area contributed by atoms with Crippen LogP contribution in [-0.4, -0.2) is 23.4 Å². The molecule has 0 radical (unpaired) electrons. The van der Waals surface area contributed by atoms with Gasteiger partial charge in [-0.2, -0.15) is 0 Å². The van der Waals surface area contributed by atoms with Gasteiger partial charge in [-0.1, -0.05) is 24.3 Å². The lowest BCUT2D eigenvalue weighted by Gasteiger charge is -2.29. The Kier molecular flexibility index (Phi) is 3.90. The lowest BCUT2D eigenvalue weighted by Crippen LogP contribution is -2.28. The fourth-order valence-electron chi connectivity index (χ4n) is 3.66. The molecule has 1 fully saturated rings. The number of hydrogen-bond donors (Lipinski definition) is 1. The smallest absolute Gasteiger partial charge is 0.0838 e. The van der Waals surface area contributed by atoms with Crippen LogP contribution in [0.5, 0.6) is 0 Å². The van der Waals surface area contributed by atoms with Crippen molar-refractivity contribution in [2.75, 3.05) is 0 Å². The summed E-state index contributed by atoms with van der Waals surface area (Å²) in [6, 6.07) is 8.73. The molecule has 1 aromatic carbocycles. The molecule has 4 unspecified atom stereocenters. The molecule has 19 heavy (non-hydrogen) atoms. The highest BCUT2D eigenvalue weighted by Crippen LogP contribution is 2.36. The maximum atomic E-state index is 10.4. The van der Waals surface area contributed by atoms with E-state index >= 15 is 0 Å². The van der Waals surface area contributed by atoms with Gasteiger partial charge in [0.15, 0.2) is 0 Å². The van der Waals surface area contributed by atoms with Crippen molar-refractivity contribution in [3.8, 4) is 0 Å². The van der Waals surface area contributed by atoms with Crippen LogP contribution < -0.4 is 0 Å². The van der Waals surface area contributed by atoms with Crippen molar-refractivity contribution in [2.24, 2.45) is 0 Å². The third-order valence-electron chi connectivity index (χ3n) is 4.71. The number of rotatable bonds is 3. The molecule has 1 aromatic rings. The zero-order chi connectivity index (χ0) is 13.2. The number of ether oxygens (including phenoxy) is 1. The van der Waals surface area contributed by atoms with Crippen LogP contribution in [0.4, 0.5) is 0 Å². The summed E-state index contributed by atoms with van der Waals surface area (Å²) in [6.07, 6.45) is 6.67. The van der Waals surface area contributed by atoms with E-state index in [2.05, 4.69) is 31.2 Å². The van der Waals surface area contributed by atoms with E-state index in [1.54, 1.807) is 0 Å². The molecular weight excluding hydrogens is 236 g/mol. The Morgan fingerprint density at radius 2 is 2.11 bits per heavy atom. The van der Waals surface area contributed by atoms with E-state index in [1.165, 1.54) is 30.4 Å². The number of aryl methyl sites for hydroxylation is 1. The molecule has 2 aliphatic rings. The lowest BCUT2D eigenvalue weighted by molar-refractivity contribution is -0.0345. The van der Waals surface area contributed by atoms with Crippen molar-refractivity contribution in [3.05, 3.63) is 35.4 Å². The zero-order valence-electron chi connectivity index (χ0n) is 11.7. The molecule has 2 nitrogen and oxygen atoms in total. The Balaban J connectivity index is 1.67. The van der Waals surface area contributed by atoms with Gasteiger partial charge >= 0.3 is 0 Å². The summed E-state index contributed by atoms with van der Waals surface area (Å²) in [5, 5.41) is 10.4. The molecule has 0 amide bonds. The Labute approximate surface area is 115 Å². The van der Waals surface area contributed by atoms with Crippen LogP contribution in [-0.2, 0) is 11.2 Å². The van der Waals surface area contributed by atoms with Crippen molar-refractivity contribution in [1.82, 2.24) is 0 Å². The monoisotopic (exact) mass is 260 g/mol. The molecule has 1 aliphatic heterocycles. The van der Waals surface area contributed by atoms with Crippen LogP contribution in [0.3, 0.4) is 0 Å². The number of aliphatic hydroxyl groups excluding tert-OH is 1. The average Bonchev–Trinajstić information content (AvgIpc) is 2.86.